The monoisotopic (exact) mass is 536 g/mol. The van der Waals surface area contributed by atoms with Crippen LogP contribution in [-0.2, 0) is 9.47 Å². The van der Waals surface area contributed by atoms with Crippen LogP contribution in [0.15, 0.2) is 66.9 Å². The van der Waals surface area contributed by atoms with E-state index in [0.717, 1.165) is 96.4 Å². The van der Waals surface area contributed by atoms with Gasteiger partial charge in [-0.25, -0.2) is 4.68 Å². The molecule has 1 aromatic heterocycles. The second kappa shape index (κ2) is 10.8. The highest BCUT2D eigenvalue weighted by atomic mass is 16.7. The third-order valence-corrected chi connectivity index (χ3v) is 8.40. The van der Waals surface area contributed by atoms with Gasteiger partial charge in [-0.05, 0) is 86.9 Å². The fraction of sp³-hybridized carbons (Fsp3) is 0.382. The lowest BCUT2D eigenvalue weighted by Gasteiger charge is -2.32. The van der Waals surface area contributed by atoms with E-state index in [-0.39, 0.29) is 18.6 Å². The molecule has 40 heavy (non-hydrogen) atoms. The van der Waals surface area contributed by atoms with Crippen LogP contribution in [0.3, 0.4) is 0 Å². The Morgan fingerprint density at radius 2 is 1.70 bits per heavy atom. The minimum Gasteiger partial charge on any atom is -0.480 e. The number of benzene rings is 3. The van der Waals surface area contributed by atoms with Gasteiger partial charge in [-0.1, -0.05) is 42.0 Å². The van der Waals surface area contributed by atoms with Gasteiger partial charge in [-0.3, -0.25) is 0 Å². The maximum absolute atomic E-state index is 6.98. The van der Waals surface area contributed by atoms with Gasteiger partial charge in [0.1, 0.15) is 17.6 Å². The van der Waals surface area contributed by atoms with Crippen molar-refractivity contribution < 1.29 is 18.9 Å². The maximum Gasteiger partial charge on any atom is 0.199 e. The molecular weight excluding hydrogens is 500 g/mol. The van der Waals surface area contributed by atoms with E-state index >= 15 is 0 Å². The van der Waals surface area contributed by atoms with Crippen LogP contribution in [0.25, 0.3) is 22.0 Å². The number of nitrogens with zero attached hydrogens (tertiary/aromatic N) is 2. The molecule has 0 N–H and O–H groups in total. The van der Waals surface area contributed by atoms with Gasteiger partial charge in [0, 0.05) is 24.2 Å². The molecule has 2 fully saturated rings. The van der Waals surface area contributed by atoms with Gasteiger partial charge in [0.05, 0.1) is 23.7 Å². The Labute approximate surface area is 235 Å². The van der Waals surface area contributed by atoms with Gasteiger partial charge in [-0.2, -0.15) is 5.10 Å². The zero-order chi connectivity index (χ0) is 27.1. The van der Waals surface area contributed by atoms with E-state index in [1.54, 1.807) is 0 Å². The lowest BCUT2D eigenvalue weighted by Crippen LogP contribution is -2.25. The van der Waals surface area contributed by atoms with Gasteiger partial charge in [0.25, 0.3) is 0 Å². The van der Waals surface area contributed by atoms with Crippen LogP contribution < -0.4 is 9.47 Å². The van der Waals surface area contributed by atoms with Gasteiger partial charge < -0.3 is 18.9 Å². The Morgan fingerprint density at radius 3 is 2.48 bits per heavy atom. The molecule has 0 aliphatic carbocycles. The molecule has 0 saturated carbocycles. The van der Waals surface area contributed by atoms with Crippen LogP contribution in [0.4, 0.5) is 0 Å². The lowest BCUT2D eigenvalue weighted by molar-refractivity contribution is -0.105. The molecule has 0 spiro atoms. The predicted octanol–water partition coefficient (Wildman–Crippen LogP) is 8.01. The van der Waals surface area contributed by atoms with Crippen LogP contribution in [0.5, 0.6) is 11.5 Å². The second-order valence-electron chi connectivity index (χ2n) is 11.2. The van der Waals surface area contributed by atoms with Crippen molar-refractivity contribution in [3.63, 3.8) is 0 Å². The van der Waals surface area contributed by atoms with Crippen molar-refractivity contribution in [2.24, 2.45) is 0 Å². The molecule has 0 radical (unpaired) electrons. The lowest BCUT2D eigenvalue weighted by atomic mass is 9.85. The number of fused-ring (bicyclic) bond motifs is 3. The number of aromatic nitrogens is 2. The topological polar surface area (TPSA) is 54.7 Å². The Hall–Kier alpha value is -3.61. The van der Waals surface area contributed by atoms with E-state index in [2.05, 4.69) is 68.4 Å². The molecule has 3 aromatic carbocycles. The first-order valence-electron chi connectivity index (χ1n) is 14.6. The van der Waals surface area contributed by atoms with Crippen LogP contribution in [0, 0.1) is 6.92 Å². The Balaban J connectivity index is 1.33. The molecule has 6 heteroatoms. The number of hydrogen-bond acceptors (Lipinski definition) is 5. The normalized spacial score (nSPS) is 23.1. The van der Waals surface area contributed by atoms with E-state index in [4.69, 9.17) is 24.0 Å². The highest BCUT2D eigenvalue weighted by Crippen LogP contribution is 2.49. The Morgan fingerprint density at radius 1 is 0.875 bits per heavy atom. The molecule has 0 amide bonds. The van der Waals surface area contributed by atoms with Crippen LogP contribution in [0.2, 0.25) is 0 Å². The van der Waals surface area contributed by atoms with Crippen molar-refractivity contribution in [2.75, 3.05) is 13.2 Å². The third kappa shape index (κ3) is 4.69. The average molecular weight is 537 g/mol. The number of allylic oxidation sites excluding steroid dienone is 1. The smallest absolute Gasteiger partial charge is 0.199 e. The van der Waals surface area contributed by atoms with Crippen molar-refractivity contribution >= 4 is 22.0 Å². The summed E-state index contributed by atoms with van der Waals surface area (Å²) in [5.41, 5.74) is 7.92. The zero-order valence-electron chi connectivity index (χ0n) is 23.3. The summed E-state index contributed by atoms with van der Waals surface area (Å²) in [5.74, 6) is 1.71. The summed E-state index contributed by atoms with van der Waals surface area (Å²) in [6.45, 7) is 5.86. The summed E-state index contributed by atoms with van der Waals surface area (Å²) in [5, 5.41) is 5.79. The molecular formula is C34H36N2O4. The quantitative estimate of drug-likeness (QED) is 0.259. The zero-order valence-corrected chi connectivity index (χ0v) is 23.3. The van der Waals surface area contributed by atoms with Crippen molar-refractivity contribution in [1.29, 1.82) is 0 Å². The summed E-state index contributed by atoms with van der Waals surface area (Å²) >= 11 is 0. The van der Waals surface area contributed by atoms with Crippen molar-refractivity contribution in [1.82, 2.24) is 9.78 Å². The van der Waals surface area contributed by atoms with E-state index < -0.39 is 0 Å². The molecule has 7 rings (SSSR count). The molecule has 4 aromatic rings. The summed E-state index contributed by atoms with van der Waals surface area (Å²) < 4.78 is 27.2. The fourth-order valence-corrected chi connectivity index (χ4v) is 6.22. The molecule has 6 nitrogen and oxygen atoms in total. The second-order valence-corrected chi connectivity index (χ2v) is 11.2. The summed E-state index contributed by atoms with van der Waals surface area (Å²) in [7, 11) is 0. The van der Waals surface area contributed by atoms with Gasteiger partial charge in [0.2, 0.25) is 0 Å². The van der Waals surface area contributed by atoms with Crippen molar-refractivity contribution in [3.05, 3.63) is 89.1 Å². The minimum absolute atomic E-state index is 0.0242. The maximum atomic E-state index is 6.98. The van der Waals surface area contributed by atoms with Gasteiger partial charge >= 0.3 is 0 Å². The van der Waals surface area contributed by atoms with E-state index in [0.29, 0.717) is 0 Å². The van der Waals surface area contributed by atoms with Gasteiger partial charge in [0.15, 0.2) is 12.5 Å². The SMILES string of the molecule is CC1=C(c2cccc(OC3CCCCO3)c2)C(c2ccc(C)cc2)Oc2c1ccc1c2cnn1C1CCCCO1. The highest BCUT2D eigenvalue weighted by molar-refractivity contribution is 6.01. The number of ether oxygens (including phenoxy) is 4. The number of aryl methyl sites for hydroxylation is 1. The minimum atomic E-state index is -0.269. The molecule has 3 unspecified atom stereocenters. The van der Waals surface area contributed by atoms with Crippen LogP contribution in [0.1, 0.15) is 80.0 Å². The first-order chi connectivity index (χ1) is 19.7. The van der Waals surface area contributed by atoms with E-state index in [1.807, 2.05) is 16.9 Å². The molecule has 3 atom stereocenters. The predicted molar refractivity (Wildman–Crippen MR) is 156 cm³/mol. The Bertz CT molecular complexity index is 1540. The van der Waals surface area contributed by atoms with Crippen LogP contribution >= 0.6 is 0 Å². The first-order valence-corrected chi connectivity index (χ1v) is 14.6. The Kier molecular flexibility index (Phi) is 6.82. The largest absolute Gasteiger partial charge is 0.480 e. The van der Waals surface area contributed by atoms with E-state index in [1.165, 1.54) is 11.1 Å². The highest BCUT2D eigenvalue weighted by Gasteiger charge is 2.32. The summed E-state index contributed by atoms with van der Waals surface area (Å²) in [6.07, 6.45) is 7.86. The molecule has 206 valence electrons. The van der Waals surface area contributed by atoms with Crippen molar-refractivity contribution in [2.45, 2.75) is 71.0 Å². The molecule has 3 aliphatic heterocycles. The van der Waals surface area contributed by atoms with Gasteiger partial charge in [-0.15, -0.1) is 0 Å². The number of rotatable bonds is 5. The third-order valence-electron chi connectivity index (χ3n) is 8.40. The molecule has 2 saturated heterocycles. The first kappa shape index (κ1) is 25.4. The van der Waals surface area contributed by atoms with Crippen LogP contribution in [-0.4, -0.2) is 29.3 Å². The number of hydrogen-bond donors (Lipinski definition) is 0. The van der Waals surface area contributed by atoms with E-state index in [9.17, 15) is 0 Å². The van der Waals surface area contributed by atoms with Crippen molar-refractivity contribution in [3.8, 4) is 11.5 Å². The summed E-state index contributed by atoms with van der Waals surface area (Å²) in [6, 6.07) is 21.4. The molecule has 0 bridgehead atoms. The summed E-state index contributed by atoms with van der Waals surface area (Å²) in [4.78, 5) is 0. The average Bonchev–Trinajstić information content (AvgIpc) is 3.43. The molecule has 3 aliphatic rings. The standard InChI is InChI=1S/C34H36N2O4/c1-22-12-14-24(15-13-22)33-32(25-8-7-9-26(20-25)39-31-11-4-6-19-38-31)23(2)27-16-17-29-28(34(27)40-33)21-35-36(29)30-10-3-5-18-37-30/h7-9,12-17,20-21,30-31,33H,3-6,10-11,18-19H2,1-2H3. The fourth-order valence-electron chi connectivity index (χ4n) is 6.22. The molecule has 4 heterocycles.